The molecule has 0 amide bonds. The topological polar surface area (TPSA) is 35.9 Å². The first-order valence-electron chi connectivity index (χ1n) is 6.92. The van der Waals surface area contributed by atoms with E-state index in [2.05, 4.69) is 16.8 Å². The third-order valence-electron chi connectivity index (χ3n) is 3.59. The normalized spacial score (nSPS) is 19.3. The molecule has 0 radical (unpaired) electrons. The maximum Gasteiger partial charge on any atom is 0.122 e. The molecule has 19 heavy (non-hydrogen) atoms. The summed E-state index contributed by atoms with van der Waals surface area (Å²) >= 11 is 0. The van der Waals surface area contributed by atoms with Crippen LogP contribution in [0, 0.1) is 6.92 Å². The maximum atomic E-state index is 10.0. The summed E-state index contributed by atoms with van der Waals surface area (Å²) in [5.41, 5.74) is 1.11. The van der Waals surface area contributed by atoms with Gasteiger partial charge in [0, 0.05) is 32.7 Å². The van der Waals surface area contributed by atoms with Gasteiger partial charge < -0.3 is 14.7 Å². The third-order valence-corrected chi connectivity index (χ3v) is 3.59. The van der Waals surface area contributed by atoms with E-state index in [1.165, 1.54) is 0 Å². The summed E-state index contributed by atoms with van der Waals surface area (Å²) in [5.74, 6) is 0.861. The van der Waals surface area contributed by atoms with Crippen LogP contribution in [0.2, 0.25) is 0 Å². The summed E-state index contributed by atoms with van der Waals surface area (Å²) in [5, 5.41) is 10.0. The van der Waals surface area contributed by atoms with Gasteiger partial charge in [0.1, 0.15) is 18.5 Å². The van der Waals surface area contributed by atoms with Crippen molar-refractivity contribution in [2.24, 2.45) is 0 Å². The van der Waals surface area contributed by atoms with Crippen LogP contribution in [-0.2, 0) is 0 Å². The Morgan fingerprint density at radius 1 is 1.21 bits per heavy atom. The molecule has 1 saturated heterocycles. The maximum absolute atomic E-state index is 10.0. The number of hydrogen-bond acceptors (Lipinski definition) is 4. The van der Waals surface area contributed by atoms with Crippen molar-refractivity contribution in [1.82, 2.24) is 9.80 Å². The fourth-order valence-electron chi connectivity index (χ4n) is 2.29. The third kappa shape index (κ3) is 4.49. The Labute approximate surface area is 115 Å². The zero-order valence-corrected chi connectivity index (χ0v) is 11.9. The summed E-state index contributed by atoms with van der Waals surface area (Å²) < 4.78 is 5.67. The lowest BCUT2D eigenvalue weighted by Crippen LogP contribution is -2.47. The summed E-state index contributed by atoms with van der Waals surface area (Å²) in [7, 11) is 2.13. The fraction of sp³-hybridized carbons (Fsp3) is 0.600. The van der Waals surface area contributed by atoms with Crippen LogP contribution in [0.5, 0.6) is 5.75 Å². The lowest BCUT2D eigenvalue weighted by atomic mass is 10.2. The highest BCUT2D eigenvalue weighted by Gasteiger charge is 2.17. The molecule has 0 aliphatic carbocycles. The van der Waals surface area contributed by atoms with Crippen molar-refractivity contribution in [3.63, 3.8) is 0 Å². The van der Waals surface area contributed by atoms with E-state index in [9.17, 15) is 5.11 Å². The molecule has 4 heteroatoms. The molecule has 0 spiro atoms. The molecule has 2 rings (SSSR count). The average molecular weight is 264 g/mol. The number of benzene rings is 1. The first-order valence-corrected chi connectivity index (χ1v) is 6.92. The van der Waals surface area contributed by atoms with Gasteiger partial charge in [-0.15, -0.1) is 0 Å². The molecule has 1 N–H and O–H groups in total. The largest absolute Gasteiger partial charge is 0.491 e. The SMILES string of the molecule is Cc1ccccc1OC[C@@H](O)CN1CCN(C)CC1. The monoisotopic (exact) mass is 264 g/mol. The molecule has 1 heterocycles. The number of piperazine rings is 1. The summed E-state index contributed by atoms with van der Waals surface area (Å²) in [4.78, 5) is 4.61. The van der Waals surface area contributed by atoms with Gasteiger partial charge in [-0.25, -0.2) is 0 Å². The highest BCUT2D eigenvalue weighted by molar-refractivity contribution is 5.31. The highest BCUT2D eigenvalue weighted by atomic mass is 16.5. The molecule has 0 saturated carbocycles. The van der Waals surface area contributed by atoms with Gasteiger partial charge in [-0.1, -0.05) is 18.2 Å². The van der Waals surface area contributed by atoms with Gasteiger partial charge in [0.25, 0.3) is 0 Å². The predicted octanol–water partition coefficient (Wildman–Crippen LogP) is 0.982. The van der Waals surface area contributed by atoms with E-state index >= 15 is 0 Å². The Bertz CT molecular complexity index is 389. The number of likely N-dealkylation sites (N-methyl/N-ethyl adjacent to an activating group) is 1. The Kier molecular flexibility index (Phi) is 5.19. The minimum absolute atomic E-state index is 0.358. The Morgan fingerprint density at radius 2 is 1.89 bits per heavy atom. The van der Waals surface area contributed by atoms with Crippen molar-refractivity contribution in [2.75, 3.05) is 46.4 Å². The Morgan fingerprint density at radius 3 is 2.58 bits per heavy atom. The molecular weight excluding hydrogens is 240 g/mol. The quantitative estimate of drug-likeness (QED) is 0.860. The van der Waals surface area contributed by atoms with Crippen molar-refractivity contribution >= 4 is 0 Å². The molecule has 0 unspecified atom stereocenters. The van der Waals surface area contributed by atoms with Crippen LogP contribution >= 0.6 is 0 Å². The van der Waals surface area contributed by atoms with Crippen molar-refractivity contribution in [3.8, 4) is 5.75 Å². The van der Waals surface area contributed by atoms with Crippen molar-refractivity contribution in [3.05, 3.63) is 29.8 Å². The molecule has 0 aromatic heterocycles. The second-order valence-electron chi connectivity index (χ2n) is 5.33. The number of para-hydroxylation sites is 1. The van der Waals surface area contributed by atoms with Gasteiger partial charge in [-0.3, -0.25) is 4.90 Å². The smallest absolute Gasteiger partial charge is 0.122 e. The molecular formula is C15H24N2O2. The van der Waals surface area contributed by atoms with Crippen LogP contribution in [0.15, 0.2) is 24.3 Å². The predicted molar refractivity (Wildman–Crippen MR) is 76.6 cm³/mol. The molecule has 0 bridgehead atoms. The van der Waals surface area contributed by atoms with Crippen LogP contribution in [0.25, 0.3) is 0 Å². The van der Waals surface area contributed by atoms with Crippen LogP contribution in [0.4, 0.5) is 0 Å². The van der Waals surface area contributed by atoms with Gasteiger partial charge in [0.15, 0.2) is 0 Å². The second-order valence-corrected chi connectivity index (χ2v) is 5.33. The minimum atomic E-state index is -0.428. The van der Waals surface area contributed by atoms with E-state index in [-0.39, 0.29) is 0 Å². The average Bonchev–Trinajstić information content (AvgIpc) is 2.40. The van der Waals surface area contributed by atoms with Crippen LogP contribution in [0.3, 0.4) is 0 Å². The number of β-amino-alcohol motifs (C(OH)–C–C–N with tert-alkyl or cyclic N) is 1. The van der Waals surface area contributed by atoms with Gasteiger partial charge in [-0.2, -0.15) is 0 Å². The van der Waals surface area contributed by atoms with E-state index in [0.717, 1.165) is 37.5 Å². The molecule has 1 aromatic rings. The van der Waals surface area contributed by atoms with E-state index in [0.29, 0.717) is 13.2 Å². The number of nitrogens with zero attached hydrogens (tertiary/aromatic N) is 2. The van der Waals surface area contributed by atoms with E-state index in [1.54, 1.807) is 0 Å². The number of aryl methyl sites for hydroxylation is 1. The molecule has 1 aliphatic heterocycles. The molecule has 1 aromatic carbocycles. The lowest BCUT2D eigenvalue weighted by molar-refractivity contribution is 0.0503. The van der Waals surface area contributed by atoms with Gasteiger partial charge >= 0.3 is 0 Å². The van der Waals surface area contributed by atoms with Crippen LogP contribution in [0.1, 0.15) is 5.56 Å². The van der Waals surface area contributed by atoms with E-state index in [1.807, 2.05) is 31.2 Å². The van der Waals surface area contributed by atoms with Crippen LogP contribution < -0.4 is 4.74 Å². The van der Waals surface area contributed by atoms with Crippen LogP contribution in [-0.4, -0.2) is 67.4 Å². The highest BCUT2D eigenvalue weighted by Crippen LogP contribution is 2.16. The zero-order valence-electron chi connectivity index (χ0n) is 11.9. The minimum Gasteiger partial charge on any atom is -0.491 e. The Balaban J connectivity index is 1.73. The molecule has 1 atom stereocenters. The summed E-state index contributed by atoms with van der Waals surface area (Å²) in [6, 6.07) is 7.90. The van der Waals surface area contributed by atoms with E-state index < -0.39 is 6.10 Å². The Hall–Kier alpha value is -1.10. The second kappa shape index (κ2) is 6.89. The molecule has 106 valence electrons. The number of ether oxygens (including phenoxy) is 1. The molecule has 1 aliphatic rings. The van der Waals surface area contributed by atoms with Crippen molar-refractivity contribution < 1.29 is 9.84 Å². The standard InChI is InChI=1S/C15H24N2O2/c1-13-5-3-4-6-15(13)19-12-14(18)11-17-9-7-16(2)8-10-17/h3-6,14,18H,7-12H2,1-2H3/t14-/m0/s1. The molecule has 4 nitrogen and oxygen atoms in total. The van der Waals surface area contributed by atoms with Crippen molar-refractivity contribution in [2.45, 2.75) is 13.0 Å². The zero-order chi connectivity index (χ0) is 13.7. The molecule has 1 fully saturated rings. The van der Waals surface area contributed by atoms with Gasteiger partial charge in [0.2, 0.25) is 0 Å². The number of aliphatic hydroxyl groups excluding tert-OH is 1. The lowest BCUT2D eigenvalue weighted by Gasteiger charge is -2.33. The number of hydrogen-bond donors (Lipinski definition) is 1. The number of rotatable bonds is 5. The van der Waals surface area contributed by atoms with Crippen molar-refractivity contribution in [1.29, 1.82) is 0 Å². The first kappa shape index (κ1) is 14.3. The fourth-order valence-corrected chi connectivity index (χ4v) is 2.29. The summed E-state index contributed by atoms with van der Waals surface area (Å²) in [6.45, 7) is 7.27. The van der Waals surface area contributed by atoms with Gasteiger partial charge in [0.05, 0.1) is 0 Å². The van der Waals surface area contributed by atoms with E-state index in [4.69, 9.17) is 4.74 Å². The summed E-state index contributed by atoms with van der Waals surface area (Å²) in [6.07, 6.45) is -0.428. The number of aliphatic hydroxyl groups is 1. The van der Waals surface area contributed by atoms with Gasteiger partial charge in [-0.05, 0) is 25.6 Å². The first-order chi connectivity index (χ1) is 9.15.